The Morgan fingerprint density at radius 1 is 1.25 bits per heavy atom. The molecule has 1 amide bonds. The molecule has 1 aromatic heterocycles. The number of benzene rings is 1. The smallest absolute Gasteiger partial charge is 0.254 e. The fraction of sp³-hybridized carbons (Fsp3) is 0.200. The number of nitrogens with zero attached hydrogens (tertiary/aromatic N) is 1. The SMILES string of the molecule is CNc1ccncc1C(=O)NCCc1ccc(F)cc1. The minimum atomic E-state index is -0.258. The Bertz CT molecular complexity index is 584. The quantitative estimate of drug-likeness (QED) is 0.878. The van der Waals surface area contributed by atoms with E-state index in [0.29, 0.717) is 18.5 Å². The Balaban J connectivity index is 1.90. The van der Waals surface area contributed by atoms with Crippen molar-refractivity contribution in [2.45, 2.75) is 6.42 Å². The van der Waals surface area contributed by atoms with Crippen molar-refractivity contribution in [3.8, 4) is 0 Å². The maximum Gasteiger partial charge on any atom is 0.254 e. The Morgan fingerprint density at radius 2 is 2.00 bits per heavy atom. The van der Waals surface area contributed by atoms with Gasteiger partial charge in [-0.2, -0.15) is 0 Å². The summed E-state index contributed by atoms with van der Waals surface area (Å²) in [6.45, 7) is 0.489. The minimum Gasteiger partial charge on any atom is -0.387 e. The van der Waals surface area contributed by atoms with Gasteiger partial charge in [0.05, 0.1) is 5.56 Å². The lowest BCUT2D eigenvalue weighted by molar-refractivity contribution is 0.0954. The molecular weight excluding hydrogens is 257 g/mol. The molecule has 20 heavy (non-hydrogen) atoms. The molecule has 4 nitrogen and oxygen atoms in total. The van der Waals surface area contributed by atoms with Crippen LogP contribution in [0.25, 0.3) is 0 Å². The van der Waals surface area contributed by atoms with Crippen LogP contribution >= 0.6 is 0 Å². The molecule has 0 aliphatic rings. The van der Waals surface area contributed by atoms with Crippen LogP contribution < -0.4 is 10.6 Å². The van der Waals surface area contributed by atoms with Gasteiger partial charge < -0.3 is 10.6 Å². The third-order valence-corrected chi connectivity index (χ3v) is 2.95. The second kappa shape index (κ2) is 6.65. The maximum absolute atomic E-state index is 12.8. The van der Waals surface area contributed by atoms with E-state index in [4.69, 9.17) is 0 Å². The molecule has 1 aromatic carbocycles. The summed E-state index contributed by atoms with van der Waals surface area (Å²) in [5.41, 5.74) is 2.22. The van der Waals surface area contributed by atoms with E-state index in [1.807, 2.05) is 0 Å². The van der Waals surface area contributed by atoms with Gasteiger partial charge in [-0.3, -0.25) is 9.78 Å². The summed E-state index contributed by atoms with van der Waals surface area (Å²) in [6.07, 6.45) is 3.81. The first kappa shape index (κ1) is 14.0. The normalized spacial score (nSPS) is 10.1. The maximum atomic E-state index is 12.8. The van der Waals surface area contributed by atoms with Crippen LogP contribution in [0.4, 0.5) is 10.1 Å². The Morgan fingerprint density at radius 3 is 2.70 bits per heavy atom. The van der Waals surface area contributed by atoms with E-state index in [-0.39, 0.29) is 11.7 Å². The zero-order valence-electron chi connectivity index (χ0n) is 11.2. The van der Waals surface area contributed by atoms with Crippen molar-refractivity contribution < 1.29 is 9.18 Å². The molecule has 0 radical (unpaired) electrons. The van der Waals surface area contributed by atoms with Crippen LogP contribution in [0.5, 0.6) is 0 Å². The van der Waals surface area contributed by atoms with Crippen molar-refractivity contribution >= 4 is 11.6 Å². The first-order valence-corrected chi connectivity index (χ1v) is 6.35. The Hall–Kier alpha value is -2.43. The number of amides is 1. The third-order valence-electron chi connectivity index (χ3n) is 2.95. The monoisotopic (exact) mass is 273 g/mol. The summed E-state index contributed by atoms with van der Waals surface area (Å²) in [5, 5.41) is 5.77. The Labute approximate surface area is 117 Å². The van der Waals surface area contributed by atoms with E-state index in [1.165, 1.54) is 18.3 Å². The molecule has 2 rings (SSSR count). The number of carbonyl (C=O) groups is 1. The van der Waals surface area contributed by atoms with Gasteiger partial charge in [0.25, 0.3) is 5.91 Å². The number of pyridine rings is 1. The first-order valence-electron chi connectivity index (χ1n) is 6.35. The fourth-order valence-corrected chi connectivity index (χ4v) is 1.86. The molecule has 0 aliphatic carbocycles. The van der Waals surface area contributed by atoms with E-state index >= 15 is 0 Å². The van der Waals surface area contributed by atoms with Gasteiger partial charge in [0.15, 0.2) is 0 Å². The van der Waals surface area contributed by atoms with Gasteiger partial charge in [0, 0.05) is 31.7 Å². The highest BCUT2D eigenvalue weighted by molar-refractivity contribution is 5.99. The van der Waals surface area contributed by atoms with Crippen LogP contribution in [0.1, 0.15) is 15.9 Å². The number of carbonyl (C=O) groups excluding carboxylic acids is 1. The molecular formula is C15H16FN3O. The van der Waals surface area contributed by atoms with Gasteiger partial charge in [-0.15, -0.1) is 0 Å². The van der Waals surface area contributed by atoms with Crippen molar-refractivity contribution in [3.05, 3.63) is 59.7 Å². The largest absolute Gasteiger partial charge is 0.387 e. The highest BCUT2D eigenvalue weighted by Crippen LogP contribution is 2.12. The zero-order chi connectivity index (χ0) is 14.4. The van der Waals surface area contributed by atoms with Crippen molar-refractivity contribution in [2.75, 3.05) is 18.9 Å². The summed E-state index contributed by atoms with van der Waals surface area (Å²) < 4.78 is 12.8. The lowest BCUT2D eigenvalue weighted by Gasteiger charge is -2.09. The summed E-state index contributed by atoms with van der Waals surface area (Å²) >= 11 is 0. The summed E-state index contributed by atoms with van der Waals surface area (Å²) in [4.78, 5) is 16.0. The van der Waals surface area contributed by atoms with E-state index in [0.717, 1.165) is 11.3 Å². The Kier molecular flexibility index (Phi) is 4.65. The van der Waals surface area contributed by atoms with Crippen molar-refractivity contribution in [3.63, 3.8) is 0 Å². The second-order valence-corrected chi connectivity index (χ2v) is 4.30. The molecule has 2 N–H and O–H groups in total. The van der Waals surface area contributed by atoms with Crippen LogP contribution in [0.3, 0.4) is 0 Å². The lowest BCUT2D eigenvalue weighted by atomic mass is 10.1. The number of anilines is 1. The second-order valence-electron chi connectivity index (χ2n) is 4.30. The van der Waals surface area contributed by atoms with Gasteiger partial charge in [-0.1, -0.05) is 12.1 Å². The van der Waals surface area contributed by atoms with E-state index < -0.39 is 0 Å². The molecule has 0 unspecified atom stereocenters. The highest BCUT2D eigenvalue weighted by atomic mass is 19.1. The number of rotatable bonds is 5. The number of hydrogen-bond donors (Lipinski definition) is 2. The molecule has 104 valence electrons. The van der Waals surface area contributed by atoms with Crippen LogP contribution in [-0.2, 0) is 6.42 Å². The fourth-order valence-electron chi connectivity index (χ4n) is 1.86. The van der Waals surface area contributed by atoms with Crippen LogP contribution in [-0.4, -0.2) is 24.5 Å². The topological polar surface area (TPSA) is 54.0 Å². The van der Waals surface area contributed by atoms with E-state index in [2.05, 4.69) is 15.6 Å². The number of aromatic nitrogens is 1. The number of nitrogens with one attached hydrogen (secondary N) is 2. The molecule has 0 saturated carbocycles. The van der Waals surface area contributed by atoms with Crippen molar-refractivity contribution in [1.82, 2.24) is 10.3 Å². The van der Waals surface area contributed by atoms with Crippen molar-refractivity contribution in [1.29, 1.82) is 0 Å². The molecule has 0 bridgehead atoms. The molecule has 1 heterocycles. The van der Waals surface area contributed by atoms with Crippen molar-refractivity contribution in [2.24, 2.45) is 0 Å². The van der Waals surface area contributed by atoms with E-state index in [9.17, 15) is 9.18 Å². The van der Waals surface area contributed by atoms with Crippen LogP contribution in [0, 0.1) is 5.82 Å². The molecule has 2 aromatic rings. The zero-order valence-corrected chi connectivity index (χ0v) is 11.2. The third kappa shape index (κ3) is 3.54. The average Bonchev–Trinajstić information content (AvgIpc) is 2.49. The van der Waals surface area contributed by atoms with E-state index in [1.54, 1.807) is 31.4 Å². The predicted molar refractivity (Wildman–Crippen MR) is 76.2 cm³/mol. The summed E-state index contributed by atoms with van der Waals surface area (Å²) in [5.74, 6) is -0.434. The molecule has 0 fully saturated rings. The summed E-state index contributed by atoms with van der Waals surface area (Å²) in [7, 11) is 1.75. The van der Waals surface area contributed by atoms with Gasteiger partial charge in [0.1, 0.15) is 5.82 Å². The van der Waals surface area contributed by atoms with Crippen LogP contribution in [0.15, 0.2) is 42.7 Å². The highest BCUT2D eigenvalue weighted by Gasteiger charge is 2.09. The summed E-state index contributed by atoms with van der Waals surface area (Å²) in [6, 6.07) is 8.00. The molecule has 0 aliphatic heterocycles. The number of halogens is 1. The van der Waals surface area contributed by atoms with Gasteiger partial charge in [0.2, 0.25) is 0 Å². The average molecular weight is 273 g/mol. The lowest BCUT2D eigenvalue weighted by Crippen LogP contribution is -2.26. The number of hydrogen-bond acceptors (Lipinski definition) is 3. The first-order chi connectivity index (χ1) is 9.70. The minimum absolute atomic E-state index is 0.176. The predicted octanol–water partition coefficient (Wildman–Crippen LogP) is 2.23. The molecule has 0 saturated heterocycles. The van der Waals surface area contributed by atoms with Gasteiger partial charge >= 0.3 is 0 Å². The van der Waals surface area contributed by atoms with Gasteiger partial charge in [-0.05, 0) is 30.2 Å². The molecule has 5 heteroatoms. The molecule has 0 atom stereocenters. The molecule has 0 spiro atoms. The standard InChI is InChI=1S/C15H16FN3O/c1-17-14-7-8-18-10-13(14)15(20)19-9-6-11-2-4-12(16)5-3-11/h2-5,7-8,10H,6,9H2,1H3,(H,17,18)(H,19,20). The van der Waals surface area contributed by atoms with Crippen LogP contribution in [0.2, 0.25) is 0 Å². The van der Waals surface area contributed by atoms with Gasteiger partial charge in [-0.25, -0.2) is 4.39 Å².